The lowest BCUT2D eigenvalue weighted by Crippen LogP contribution is -2.06. The molecular weight excluding hydrogens is 244 g/mol. The Hall–Kier alpha value is -1.10. The van der Waals surface area contributed by atoms with Gasteiger partial charge in [0.2, 0.25) is 0 Å². The average Bonchev–Trinajstić information content (AvgIpc) is 2.87. The van der Waals surface area contributed by atoms with Crippen molar-refractivity contribution in [3.05, 3.63) is 11.4 Å². The zero-order chi connectivity index (χ0) is 13.1. The molecule has 0 amide bonds. The largest absolute Gasteiger partial charge is 0.171 e. The van der Waals surface area contributed by atoms with Crippen molar-refractivity contribution in [1.29, 1.82) is 0 Å². The molecule has 0 N–H and O–H groups in total. The summed E-state index contributed by atoms with van der Waals surface area (Å²) in [5.74, 6) is 1.00. The number of hydrogen-bond acceptors (Lipinski definition) is 5. The molecule has 2 unspecified atom stereocenters. The molecule has 2 aromatic heterocycles. The van der Waals surface area contributed by atoms with Gasteiger partial charge in [-0.2, -0.15) is 18.9 Å². The minimum Gasteiger partial charge on any atom is -0.171 e. The standard InChI is InChI=1S/C13H20N4S/c1-5-8(3)7-10-12-13(17-18-16-12)11(15-14-10)9(4)6-2/h8-9H,5-7H2,1-4H3. The Kier molecular flexibility index (Phi) is 4.22. The van der Waals surface area contributed by atoms with E-state index < -0.39 is 0 Å². The Bertz CT molecular complexity index is 523. The number of nitrogens with zero attached hydrogens (tertiary/aromatic N) is 4. The summed E-state index contributed by atoms with van der Waals surface area (Å²) in [6.45, 7) is 8.75. The predicted molar refractivity (Wildman–Crippen MR) is 74.9 cm³/mol. The molecule has 5 heteroatoms. The Morgan fingerprint density at radius 3 is 2.39 bits per heavy atom. The minimum atomic E-state index is 0.390. The van der Waals surface area contributed by atoms with Crippen molar-refractivity contribution in [2.75, 3.05) is 0 Å². The maximum Gasteiger partial charge on any atom is 0.130 e. The van der Waals surface area contributed by atoms with Crippen LogP contribution in [-0.2, 0) is 6.42 Å². The van der Waals surface area contributed by atoms with Crippen LogP contribution in [0.25, 0.3) is 11.0 Å². The monoisotopic (exact) mass is 264 g/mol. The molecule has 0 fully saturated rings. The number of rotatable bonds is 5. The minimum absolute atomic E-state index is 0.390. The lowest BCUT2D eigenvalue weighted by molar-refractivity contribution is 0.549. The molecule has 0 spiro atoms. The van der Waals surface area contributed by atoms with Crippen LogP contribution in [0.3, 0.4) is 0 Å². The second kappa shape index (κ2) is 5.69. The third kappa shape index (κ3) is 2.51. The zero-order valence-corrected chi connectivity index (χ0v) is 12.3. The first-order valence-corrected chi connectivity index (χ1v) is 7.38. The fraction of sp³-hybridized carbons (Fsp3) is 0.692. The maximum atomic E-state index is 4.41. The molecule has 0 aliphatic rings. The van der Waals surface area contributed by atoms with Gasteiger partial charge in [-0.05, 0) is 18.8 Å². The molecule has 0 aromatic carbocycles. The van der Waals surface area contributed by atoms with E-state index in [1.165, 1.54) is 11.7 Å². The highest BCUT2D eigenvalue weighted by atomic mass is 32.1. The molecule has 2 aromatic rings. The SMILES string of the molecule is CCC(C)Cc1nnc(C(C)CC)c2nsnc12. The zero-order valence-electron chi connectivity index (χ0n) is 11.5. The summed E-state index contributed by atoms with van der Waals surface area (Å²) >= 11 is 1.26. The summed E-state index contributed by atoms with van der Waals surface area (Å²) in [7, 11) is 0. The lowest BCUT2D eigenvalue weighted by atomic mass is 10.00. The topological polar surface area (TPSA) is 51.6 Å². The van der Waals surface area contributed by atoms with Crippen LogP contribution in [0.5, 0.6) is 0 Å². The smallest absolute Gasteiger partial charge is 0.130 e. The summed E-state index contributed by atoms with van der Waals surface area (Å²) < 4.78 is 8.82. The van der Waals surface area contributed by atoms with Crippen LogP contribution in [0.15, 0.2) is 0 Å². The summed E-state index contributed by atoms with van der Waals surface area (Å²) in [5.41, 5.74) is 3.92. The van der Waals surface area contributed by atoms with Crippen molar-refractivity contribution < 1.29 is 0 Å². The fourth-order valence-corrected chi connectivity index (χ4v) is 2.47. The van der Waals surface area contributed by atoms with Crippen molar-refractivity contribution in [3.8, 4) is 0 Å². The summed E-state index contributed by atoms with van der Waals surface area (Å²) in [6.07, 6.45) is 3.13. The molecule has 0 bridgehead atoms. The Balaban J connectivity index is 2.43. The van der Waals surface area contributed by atoms with E-state index in [0.29, 0.717) is 11.8 Å². The van der Waals surface area contributed by atoms with E-state index in [1.807, 2.05) is 0 Å². The van der Waals surface area contributed by atoms with E-state index in [0.717, 1.165) is 41.7 Å². The van der Waals surface area contributed by atoms with Gasteiger partial charge < -0.3 is 0 Å². The van der Waals surface area contributed by atoms with E-state index in [4.69, 9.17) is 0 Å². The summed E-state index contributed by atoms with van der Waals surface area (Å²) in [6, 6.07) is 0. The molecule has 0 aliphatic carbocycles. The van der Waals surface area contributed by atoms with Crippen LogP contribution in [0.1, 0.15) is 57.8 Å². The fourth-order valence-electron chi connectivity index (χ4n) is 1.89. The average molecular weight is 264 g/mol. The molecule has 4 nitrogen and oxygen atoms in total. The van der Waals surface area contributed by atoms with E-state index in [2.05, 4.69) is 46.6 Å². The quantitative estimate of drug-likeness (QED) is 0.828. The van der Waals surface area contributed by atoms with Gasteiger partial charge in [-0.1, -0.05) is 34.1 Å². The van der Waals surface area contributed by atoms with Gasteiger partial charge in [-0.25, -0.2) is 0 Å². The van der Waals surface area contributed by atoms with Crippen molar-refractivity contribution in [2.45, 2.75) is 52.9 Å². The third-order valence-electron chi connectivity index (χ3n) is 3.60. The highest BCUT2D eigenvalue weighted by Gasteiger charge is 2.18. The van der Waals surface area contributed by atoms with Crippen molar-refractivity contribution >= 4 is 22.8 Å². The first-order chi connectivity index (χ1) is 8.67. The number of aromatic nitrogens is 4. The van der Waals surface area contributed by atoms with Crippen LogP contribution < -0.4 is 0 Å². The van der Waals surface area contributed by atoms with Crippen LogP contribution >= 0.6 is 11.7 Å². The van der Waals surface area contributed by atoms with Gasteiger partial charge in [-0.15, -0.1) is 0 Å². The highest BCUT2D eigenvalue weighted by Crippen LogP contribution is 2.26. The van der Waals surface area contributed by atoms with Gasteiger partial charge >= 0.3 is 0 Å². The Labute approximate surface area is 112 Å². The van der Waals surface area contributed by atoms with Gasteiger partial charge in [0.05, 0.1) is 23.1 Å². The molecule has 0 saturated heterocycles. The van der Waals surface area contributed by atoms with Gasteiger partial charge in [0.25, 0.3) is 0 Å². The molecule has 2 heterocycles. The predicted octanol–water partition coefficient (Wildman–Crippen LogP) is 3.58. The maximum absolute atomic E-state index is 4.41. The van der Waals surface area contributed by atoms with E-state index in [9.17, 15) is 0 Å². The van der Waals surface area contributed by atoms with E-state index in [1.54, 1.807) is 0 Å². The van der Waals surface area contributed by atoms with Crippen molar-refractivity contribution in [3.63, 3.8) is 0 Å². The van der Waals surface area contributed by atoms with Gasteiger partial charge in [0.15, 0.2) is 0 Å². The molecule has 0 aliphatic heterocycles. The van der Waals surface area contributed by atoms with E-state index in [-0.39, 0.29) is 0 Å². The third-order valence-corrected chi connectivity index (χ3v) is 4.13. The van der Waals surface area contributed by atoms with Crippen LogP contribution in [0.2, 0.25) is 0 Å². The Morgan fingerprint density at radius 1 is 1.00 bits per heavy atom. The van der Waals surface area contributed by atoms with Crippen LogP contribution in [-0.4, -0.2) is 18.9 Å². The molecular formula is C13H20N4S. The highest BCUT2D eigenvalue weighted by molar-refractivity contribution is 7.00. The first-order valence-electron chi connectivity index (χ1n) is 6.65. The van der Waals surface area contributed by atoms with Crippen LogP contribution in [0.4, 0.5) is 0 Å². The number of hydrogen-bond donors (Lipinski definition) is 0. The molecule has 2 rings (SSSR count). The summed E-state index contributed by atoms with van der Waals surface area (Å²) in [4.78, 5) is 0. The molecule has 0 saturated carbocycles. The van der Waals surface area contributed by atoms with Crippen molar-refractivity contribution in [2.24, 2.45) is 5.92 Å². The van der Waals surface area contributed by atoms with Gasteiger partial charge in [0, 0.05) is 5.92 Å². The molecule has 2 atom stereocenters. The second-order valence-electron chi connectivity index (χ2n) is 5.02. The second-order valence-corrected chi connectivity index (χ2v) is 5.55. The van der Waals surface area contributed by atoms with E-state index >= 15 is 0 Å². The molecule has 0 radical (unpaired) electrons. The first kappa shape index (κ1) is 13.3. The van der Waals surface area contributed by atoms with Gasteiger partial charge in [0.1, 0.15) is 11.0 Å². The normalized spacial score (nSPS) is 14.9. The Morgan fingerprint density at radius 2 is 1.72 bits per heavy atom. The molecule has 98 valence electrons. The molecule has 18 heavy (non-hydrogen) atoms. The van der Waals surface area contributed by atoms with Crippen LogP contribution in [0, 0.1) is 5.92 Å². The lowest BCUT2D eigenvalue weighted by Gasteiger charge is -2.10. The number of fused-ring (bicyclic) bond motifs is 1. The van der Waals surface area contributed by atoms with Crippen molar-refractivity contribution in [1.82, 2.24) is 18.9 Å². The van der Waals surface area contributed by atoms with Gasteiger partial charge in [-0.3, -0.25) is 0 Å². The summed E-state index contributed by atoms with van der Waals surface area (Å²) in [5, 5.41) is 8.78.